The Hall–Kier alpha value is -1.35. The van der Waals surface area contributed by atoms with Gasteiger partial charge in [-0.15, -0.1) is 0 Å². The van der Waals surface area contributed by atoms with Crippen LogP contribution in [0.1, 0.15) is 59.8 Å². The predicted octanol–water partition coefficient (Wildman–Crippen LogP) is 4.33. The molecule has 2 rings (SSSR count). The maximum atomic E-state index is 12.0. The zero-order valence-corrected chi connectivity index (χ0v) is 14.8. The topological polar surface area (TPSA) is 46.5 Å². The third-order valence-corrected chi connectivity index (χ3v) is 4.88. The molecule has 3 heteroatoms. The van der Waals surface area contributed by atoms with Gasteiger partial charge in [0.2, 0.25) is 0 Å². The molecule has 1 aliphatic heterocycles. The Morgan fingerprint density at radius 3 is 2.83 bits per heavy atom. The standard InChI is InChI=1S/C20H30O3/c1-14(2)16-7-8-17-13-18(23-19(17)21)12-15(3)6-5-10-20(4,22)11-9-16/h6,9,11,13-14,16,18,22H,5,7-8,10,12H2,1-4H3/b11-9-,15-6-/t16-,18-,20-/m0/s1. The van der Waals surface area contributed by atoms with Crippen LogP contribution in [0.15, 0.2) is 35.5 Å². The molecule has 3 atom stereocenters. The second-order valence-corrected chi connectivity index (χ2v) is 7.59. The lowest BCUT2D eigenvalue weighted by atomic mass is 9.87. The van der Waals surface area contributed by atoms with Gasteiger partial charge in [0.1, 0.15) is 6.10 Å². The summed E-state index contributed by atoms with van der Waals surface area (Å²) in [7, 11) is 0. The Kier molecular flexibility index (Phi) is 5.85. The molecule has 0 radical (unpaired) electrons. The number of aliphatic hydroxyl groups is 1. The molecule has 0 aromatic rings. The number of carbonyl (C=O) groups is 1. The van der Waals surface area contributed by atoms with Crippen LogP contribution in [0, 0.1) is 11.8 Å². The summed E-state index contributed by atoms with van der Waals surface area (Å²) in [5.74, 6) is 0.677. The first-order valence-corrected chi connectivity index (χ1v) is 8.76. The lowest BCUT2D eigenvalue weighted by molar-refractivity contribution is -0.139. The summed E-state index contributed by atoms with van der Waals surface area (Å²) >= 11 is 0. The van der Waals surface area contributed by atoms with E-state index in [0.717, 1.165) is 31.3 Å². The summed E-state index contributed by atoms with van der Waals surface area (Å²) in [5, 5.41) is 10.5. The smallest absolute Gasteiger partial charge is 0.334 e. The van der Waals surface area contributed by atoms with Crippen LogP contribution >= 0.6 is 0 Å². The largest absolute Gasteiger partial charge is 0.454 e. The molecule has 2 bridgehead atoms. The van der Waals surface area contributed by atoms with E-state index in [2.05, 4.69) is 32.9 Å². The molecule has 1 aliphatic carbocycles. The fraction of sp³-hybridized carbons (Fsp3) is 0.650. The summed E-state index contributed by atoms with van der Waals surface area (Å²) in [6.07, 6.45) is 12.0. The van der Waals surface area contributed by atoms with E-state index in [0.29, 0.717) is 18.3 Å². The number of hydrogen-bond acceptors (Lipinski definition) is 3. The zero-order chi connectivity index (χ0) is 17.0. The Labute approximate surface area is 140 Å². The molecular formula is C20H30O3. The third kappa shape index (κ3) is 5.35. The van der Waals surface area contributed by atoms with E-state index >= 15 is 0 Å². The lowest BCUT2D eigenvalue weighted by Gasteiger charge is -2.22. The first-order valence-electron chi connectivity index (χ1n) is 8.76. The van der Waals surface area contributed by atoms with Gasteiger partial charge in [0, 0.05) is 12.0 Å². The van der Waals surface area contributed by atoms with Crippen molar-refractivity contribution < 1.29 is 14.6 Å². The van der Waals surface area contributed by atoms with Crippen molar-refractivity contribution in [2.45, 2.75) is 71.5 Å². The molecule has 3 nitrogen and oxygen atoms in total. The fourth-order valence-electron chi connectivity index (χ4n) is 3.23. The Balaban J connectivity index is 2.22. The first kappa shape index (κ1) is 18.0. The second kappa shape index (κ2) is 7.48. The number of ether oxygens (including phenoxy) is 1. The minimum Gasteiger partial charge on any atom is -0.454 e. The maximum absolute atomic E-state index is 12.0. The summed E-state index contributed by atoms with van der Waals surface area (Å²) in [6.45, 7) is 8.30. The van der Waals surface area contributed by atoms with Crippen LogP contribution in [0.25, 0.3) is 0 Å². The minimum absolute atomic E-state index is 0.120. The van der Waals surface area contributed by atoms with E-state index in [1.807, 2.05) is 19.1 Å². The summed E-state index contributed by atoms with van der Waals surface area (Å²) < 4.78 is 5.47. The van der Waals surface area contributed by atoms with Gasteiger partial charge in [0.25, 0.3) is 0 Å². The van der Waals surface area contributed by atoms with Gasteiger partial charge in [-0.05, 0) is 57.4 Å². The highest BCUT2D eigenvalue weighted by Gasteiger charge is 2.26. The zero-order valence-electron chi connectivity index (χ0n) is 14.8. The second-order valence-electron chi connectivity index (χ2n) is 7.59. The number of carbonyl (C=O) groups excluding carboxylic acids is 1. The van der Waals surface area contributed by atoms with Crippen molar-refractivity contribution in [2.24, 2.45) is 11.8 Å². The van der Waals surface area contributed by atoms with Crippen molar-refractivity contribution in [3.63, 3.8) is 0 Å². The van der Waals surface area contributed by atoms with Gasteiger partial charge in [-0.3, -0.25) is 0 Å². The van der Waals surface area contributed by atoms with Crippen molar-refractivity contribution in [3.8, 4) is 0 Å². The first-order chi connectivity index (χ1) is 10.8. The molecule has 0 aromatic heterocycles. The Bertz CT molecular complexity index is 523. The number of rotatable bonds is 1. The monoisotopic (exact) mass is 318 g/mol. The van der Waals surface area contributed by atoms with Crippen LogP contribution in [-0.2, 0) is 9.53 Å². The minimum atomic E-state index is -0.779. The molecule has 0 fully saturated rings. The number of hydrogen-bond donors (Lipinski definition) is 1. The predicted molar refractivity (Wildman–Crippen MR) is 92.9 cm³/mol. The molecule has 1 heterocycles. The van der Waals surface area contributed by atoms with E-state index in [1.165, 1.54) is 5.57 Å². The molecule has 0 saturated heterocycles. The normalized spacial score (nSPS) is 36.7. The molecule has 0 saturated carbocycles. The van der Waals surface area contributed by atoms with Crippen molar-refractivity contribution in [2.75, 3.05) is 0 Å². The third-order valence-electron chi connectivity index (χ3n) is 4.88. The Morgan fingerprint density at radius 2 is 2.13 bits per heavy atom. The van der Waals surface area contributed by atoms with Gasteiger partial charge in [-0.1, -0.05) is 37.6 Å². The van der Waals surface area contributed by atoms with Crippen LogP contribution < -0.4 is 0 Å². The molecule has 23 heavy (non-hydrogen) atoms. The van der Waals surface area contributed by atoms with Crippen molar-refractivity contribution in [1.29, 1.82) is 0 Å². The van der Waals surface area contributed by atoms with Gasteiger partial charge in [-0.25, -0.2) is 4.79 Å². The molecule has 0 aromatic carbocycles. The van der Waals surface area contributed by atoms with Gasteiger partial charge >= 0.3 is 5.97 Å². The highest BCUT2D eigenvalue weighted by molar-refractivity contribution is 5.90. The van der Waals surface area contributed by atoms with Crippen LogP contribution in [0.4, 0.5) is 0 Å². The van der Waals surface area contributed by atoms with Gasteiger partial charge in [-0.2, -0.15) is 0 Å². The van der Waals surface area contributed by atoms with Gasteiger partial charge in [0.15, 0.2) is 0 Å². The molecule has 1 N–H and O–H groups in total. The summed E-state index contributed by atoms with van der Waals surface area (Å²) in [4.78, 5) is 12.0. The maximum Gasteiger partial charge on any atom is 0.334 e. The highest BCUT2D eigenvalue weighted by Crippen LogP contribution is 2.29. The lowest BCUT2D eigenvalue weighted by Crippen LogP contribution is -2.21. The summed E-state index contributed by atoms with van der Waals surface area (Å²) in [6, 6.07) is 0. The number of fused-ring (bicyclic) bond motifs is 1. The summed E-state index contributed by atoms with van der Waals surface area (Å²) in [5.41, 5.74) is 1.24. The SMILES string of the molecule is C/C1=C/CC[C@](C)(O)/C=C\[C@@H](C(C)C)CCC2=C[C@H](C1)OC2=O. The Morgan fingerprint density at radius 1 is 1.39 bits per heavy atom. The quantitative estimate of drug-likeness (QED) is 0.578. The van der Waals surface area contributed by atoms with E-state index in [4.69, 9.17) is 4.74 Å². The van der Waals surface area contributed by atoms with E-state index in [9.17, 15) is 9.90 Å². The number of esters is 1. The van der Waals surface area contributed by atoms with E-state index < -0.39 is 5.60 Å². The van der Waals surface area contributed by atoms with E-state index in [1.54, 1.807) is 0 Å². The van der Waals surface area contributed by atoms with Crippen LogP contribution in [0.2, 0.25) is 0 Å². The van der Waals surface area contributed by atoms with Crippen molar-refractivity contribution in [1.82, 2.24) is 0 Å². The molecule has 0 spiro atoms. The number of allylic oxidation sites excluding steroid dienone is 2. The highest BCUT2D eigenvalue weighted by atomic mass is 16.5. The molecule has 128 valence electrons. The molecule has 0 amide bonds. The van der Waals surface area contributed by atoms with E-state index in [-0.39, 0.29) is 12.1 Å². The molecule has 0 unspecified atom stereocenters. The van der Waals surface area contributed by atoms with Crippen molar-refractivity contribution in [3.05, 3.63) is 35.5 Å². The van der Waals surface area contributed by atoms with Gasteiger partial charge < -0.3 is 9.84 Å². The molecule has 2 aliphatic rings. The van der Waals surface area contributed by atoms with Gasteiger partial charge in [0.05, 0.1) is 5.60 Å². The van der Waals surface area contributed by atoms with Crippen molar-refractivity contribution >= 4 is 5.97 Å². The average Bonchev–Trinajstić information content (AvgIpc) is 2.77. The molecular weight excluding hydrogens is 288 g/mol. The fourth-order valence-corrected chi connectivity index (χ4v) is 3.23. The average molecular weight is 318 g/mol. The van der Waals surface area contributed by atoms with Crippen LogP contribution in [-0.4, -0.2) is 22.8 Å². The van der Waals surface area contributed by atoms with Crippen LogP contribution in [0.5, 0.6) is 0 Å². The van der Waals surface area contributed by atoms with Crippen LogP contribution in [0.3, 0.4) is 0 Å².